The highest BCUT2D eigenvalue weighted by Crippen LogP contribution is 2.42. The molecule has 14 heteroatoms. The summed E-state index contributed by atoms with van der Waals surface area (Å²) in [6, 6.07) is 31.6. The zero-order valence-electron chi connectivity index (χ0n) is 30.2. The van der Waals surface area contributed by atoms with Crippen molar-refractivity contribution in [1.29, 1.82) is 0 Å². The molecule has 2 N–H and O–H groups in total. The molecular formula is C40H40N6O6S2. The van der Waals surface area contributed by atoms with E-state index in [9.17, 15) is 25.9 Å². The van der Waals surface area contributed by atoms with Crippen LogP contribution in [0.3, 0.4) is 0 Å². The van der Waals surface area contributed by atoms with Gasteiger partial charge in [-0.1, -0.05) is 72.8 Å². The summed E-state index contributed by atoms with van der Waals surface area (Å²) < 4.78 is 70.2. The Morgan fingerprint density at radius 2 is 0.963 bits per heavy atom. The van der Waals surface area contributed by atoms with E-state index in [0.717, 1.165) is 22.5 Å². The van der Waals surface area contributed by atoms with Crippen LogP contribution in [0.1, 0.15) is 27.7 Å². The largest absolute Gasteiger partial charge is 0.372 e. The number of hydrogen-bond donors (Lipinski definition) is 2. The Labute approximate surface area is 315 Å². The van der Waals surface area contributed by atoms with Gasteiger partial charge in [0.2, 0.25) is 0 Å². The lowest BCUT2D eigenvalue weighted by molar-refractivity contribution is 0.482. The van der Waals surface area contributed by atoms with E-state index in [1.54, 1.807) is 54.6 Å². The van der Waals surface area contributed by atoms with Crippen LogP contribution in [0.4, 0.5) is 34.1 Å². The highest BCUT2D eigenvalue weighted by atomic mass is 32.2. The molecule has 0 unspecified atom stereocenters. The quantitative estimate of drug-likeness (QED) is 0.0866. The average Bonchev–Trinajstić information content (AvgIpc) is 3.16. The van der Waals surface area contributed by atoms with Gasteiger partial charge in [-0.05, 0) is 75.2 Å². The minimum absolute atomic E-state index is 0.0362. The summed E-state index contributed by atoms with van der Waals surface area (Å²) in [6.07, 6.45) is 0. The Kier molecular flexibility index (Phi) is 11.2. The summed E-state index contributed by atoms with van der Waals surface area (Å²) >= 11 is 0. The summed E-state index contributed by atoms with van der Waals surface area (Å²) in [5, 5.41) is 19.6. The number of rotatable bonds is 13. The van der Waals surface area contributed by atoms with Crippen molar-refractivity contribution < 1.29 is 25.9 Å². The minimum atomic E-state index is -4.64. The van der Waals surface area contributed by atoms with Crippen molar-refractivity contribution in [2.75, 3.05) is 36.0 Å². The maximum atomic E-state index is 12.6. The number of benzene rings is 6. The summed E-state index contributed by atoms with van der Waals surface area (Å²) in [4.78, 5) is 3.62. The van der Waals surface area contributed by atoms with Crippen LogP contribution < -0.4 is 9.80 Å². The molecule has 12 nitrogen and oxygen atoms in total. The predicted octanol–water partition coefficient (Wildman–Crippen LogP) is 10.7. The first kappa shape index (κ1) is 38.2. The average molecular weight is 765 g/mol. The molecule has 0 amide bonds. The van der Waals surface area contributed by atoms with Crippen LogP contribution in [-0.2, 0) is 20.2 Å². The van der Waals surface area contributed by atoms with Crippen molar-refractivity contribution in [3.05, 3.63) is 109 Å². The van der Waals surface area contributed by atoms with Gasteiger partial charge in [-0.25, -0.2) is 0 Å². The molecule has 0 atom stereocenters. The minimum Gasteiger partial charge on any atom is -0.372 e. The fraction of sp³-hybridized carbons (Fsp3) is 0.200. The van der Waals surface area contributed by atoms with Crippen LogP contribution in [0.25, 0.3) is 32.7 Å². The van der Waals surface area contributed by atoms with Gasteiger partial charge < -0.3 is 9.80 Å². The second kappa shape index (κ2) is 15.8. The van der Waals surface area contributed by atoms with Crippen LogP contribution in [0, 0.1) is 0 Å². The van der Waals surface area contributed by atoms with E-state index in [0.29, 0.717) is 64.8 Å². The third kappa shape index (κ3) is 7.87. The molecule has 278 valence electrons. The fourth-order valence-electron chi connectivity index (χ4n) is 6.63. The van der Waals surface area contributed by atoms with Crippen molar-refractivity contribution in [2.24, 2.45) is 20.5 Å². The predicted molar refractivity (Wildman–Crippen MR) is 215 cm³/mol. The molecule has 0 bridgehead atoms. The van der Waals surface area contributed by atoms with Gasteiger partial charge in [0, 0.05) is 53.4 Å². The number of nitrogens with zero attached hydrogens (tertiary/aromatic N) is 6. The van der Waals surface area contributed by atoms with E-state index < -0.39 is 20.2 Å². The molecule has 0 saturated carbocycles. The SMILES string of the molecule is CCN(CC)c1cc(N=Nc2ccc(-c3ccc(N=Nc4cc(S(=O)(=O)O)c5ccccc5c4N(CC)CC)cc3)cc2)c(S(=O)(=O)O)c2ccccc12. The topological polar surface area (TPSA) is 165 Å². The van der Waals surface area contributed by atoms with Crippen molar-refractivity contribution in [3.8, 4) is 11.1 Å². The Hall–Kier alpha value is -5.54. The summed E-state index contributed by atoms with van der Waals surface area (Å²) in [5.74, 6) is 0. The smallest absolute Gasteiger partial charge is 0.297 e. The van der Waals surface area contributed by atoms with Gasteiger partial charge in [-0.15, -0.1) is 10.2 Å². The first-order valence-corrected chi connectivity index (χ1v) is 20.4. The summed E-state index contributed by atoms with van der Waals surface area (Å²) in [5.41, 5.74) is 4.63. The second-order valence-corrected chi connectivity index (χ2v) is 15.1. The Morgan fingerprint density at radius 3 is 1.44 bits per heavy atom. The van der Waals surface area contributed by atoms with E-state index in [4.69, 9.17) is 0 Å². The van der Waals surface area contributed by atoms with Gasteiger partial charge in [0.1, 0.15) is 21.2 Å². The Bertz CT molecular complexity index is 2600. The van der Waals surface area contributed by atoms with E-state index >= 15 is 0 Å². The van der Waals surface area contributed by atoms with Crippen LogP contribution in [0.5, 0.6) is 0 Å². The van der Waals surface area contributed by atoms with Gasteiger partial charge in [-0.3, -0.25) is 9.11 Å². The van der Waals surface area contributed by atoms with E-state index in [2.05, 4.69) is 30.3 Å². The lowest BCUT2D eigenvalue weighted by Gasteiger charge is -2.25. The molecule has 0 fully saturated rings. The lowest BCUT2D eigenvalue weighted by atomic mass is 10.1. The molecule has 0 aliphatic heterocycles. The molecule has 6 aromatic rings. The summed E-state index contributed by atoms with van der Waals surface area (Å²) in [7, 11) is -9.18. The third-order valence-corrected chi connectivity index (χ3v) is 11.1. The first-order chi connectivity index (χ1) is 25.9. The Balaban J connectivity index is 1.29. The number of hydrogen-bond acceptors (Lipinski definition) is 10. The van der Waals surface area contributed by atoms with Gasteiger partial charge in [-0.2, -0.15) is 27.1 Å². The van der Waals surface area contributed by atoms with Crippen molar-refractivity contribution >= 4 is 75.9 Å². The van der Waals surface area contributed by atoms with Crippen molar-refractivity contribution in [3.63, 3.8) is 0 Å². The highest BCUT2D eigenvalue weighted by Gasteiger charge is 2.24. The van der Waals surface area contributed by atoms with Crippen LogP contribution in [0.15, 0.2) is 139 Å². The summed E-state index contributed by atoms with van der Waals surface area (Å²) in [6.45, 7) is 10.7. The molecule has 0 radical (unpaired) electrons. The van der Waals surface area contributed by atoms with Crippen LogP contribution in [-0.4, -0.2) is 52.1 Å². The van der Waals surface area contributed by atoms with Gasteiger partial charge in [0.15, 0.2) is 0 Å². The van der Waals surface area contributed by atoms with Crippen molar-refractivity contribution in [1.82, 2.24) is 0 Å². The van der Waals surface area contributed by atoms with E-state index in [-0.39, 0.29) is 15.5 Å². The Morgan fingerprint density at radius 1 is 0.500 bits per heavy atom. The van der Waals surface area contributed by atoms with Gasteiger partial charge in [0.25, 0.3) is 20.2 Å². The van der Waals surface area contributed by atoms with Crippen LogP contribution in [0.2, 0.25) is 0 Å². The second-order valence-electron chi connectivity index (χ2n) is 12.4. The molecule has 0 spiro atoms. The maximum Gasteiger partial charge on any atom is 0.297 e. The fourth-order valence-corrected chi connectivity index (χ4v) is 8.16. The zero-order chi connectivity index (χ0) is 38.6. The zero-order valence-corrected chi connectivity index (χ0v) is 31.9. The molecular weight excluding hydrogens is 725 g/mol. The molecule has 0 heterocycles. The van der Waals surface area contributed by atoms with Gasteiger partial charge in [0.05, 0.1) is 17.1 Å². The van der Waals surface area contributed by atoms with Crippen LogP contribution >= 0.6 is 0 Å². The van der Waals surface area contributed by atoms with Crippen molar-refractivity contribution in [2.45, 2.75) is 37.5 Å². The highest BCUT2D eigenvalue weighted by molar-refractivity contribution is 7.86. The van der Waals surface area contributed by atoms with E-state index in [1.807, 2.05) is 76.2 Å². The molecule has 0 saturated heterocycles. The molecule has 0 aliphatic rings. The van der Waals surface area contributed by atoms with Gasteiger partial charge >= 0.3 is 0 Å². The molecule has 6 aromatic carbocycles. The lowest BCUT2D eigenvalue weighted by Crippen LogP contribution is -2.22. The molecule has 6 rings (SSSR count). The number of azo groups is 2. The standard InChI is InChI=1S/C40H40N6O6S2/c1-5-45(6-2)37-25-36(40(54(50,51)52)34-16-12-9-13-31(34)37)44-42-30-23-19-28(20-24-30)27-17-21-29(22-18-27)41-43-35-26-38(53(47,48)49)32-14-10-11-15-33(32)39(35)46(7-3)8-4/h9-26H,5-8H2,1-4H3,(H,47,48,49)(H,50,51,52). The molecule has 54 heavy (non-hydrogen) atoms. The van der Waals surface area contributed by atoms with E-state index in [1.165, 1.54) is 6.07 Å². The third-order valence-electron chi connectivity index (χ3n) is 9.25. The number of fused-ring (bicyclic) bond motifs is 2. The first-order valence-electron chi connectivity index (χ1n) is 17.5. The molecule has 0 aliphatic carbocycles. The molecule has 0 aromatic heterocycles. The normalized spacial score (nSPS) is 12.3. The maximum absolute atomic E-state index is 12.6. The number of anilines is 2. The monoisotopic (exact) mass is 764 g/mol.